The molecule has 0 bridgehead atoms. The average Bonchev–Trinajstić information content (AvgIpc) is 2.53. The van der Waals surface area contributed by atoms with Crippen molar-refractivity contribution in [2.24, 2.45) is 0 Å². The van der Waals surface area contributed by atoms with Crippen LogP contribution >= 0.6 is 0 Å². The van der Waals surface area contributed by atoms with Crippen molar-refractivity contribution >= 4 is 11.7 Å². The Morgan fingerprint density at radius 1 is 1.00 bits per heavy atom. The molecule has 150 valence electrons. The highest BCUT2D eigenvalue weighted by Crippen LogP contribution is 2.48. The van der Waals surface area contributed by atoms with E-state index in [0.29, 0.717) is 4.57 Å². The maximum Gasteiger partial charge on any atom is 0.446 e. The molecule has 3 rings (SSSR count). The SMILES string of the molecule is CC1=[NH+]C(C(F)(F)F)(C(F)(F)F)c2c(n(-c3ccc(F)cc3)c(=O)[nH]c2=O)N1. The van der Waals surface area contributed by atoms with Gasteiger partial charge in [-0.1, -0.05) is 0 Å². The minimum absolute atomic E-state index is 0.264. The quantitative estimate of drug-likeness (QED) is 0.611. The van der Waals surface area contributed by atoms with Crippen molar-refractivity contribution in [3.63, 3.8) is 0 Å². The molecule has 0 saturated heterocycles. The average molecular weight is 411 g/mol. The fraction of sp³-hybridized carbons (Fsp3) is 0.267. The number of nitrogens with zero attached hydrogens (tertiary/aromatic N) is 1. The van der Waals surface area contributed by atoms with Gasteiger partial charge in [0.15, 0.2) is 0 Å². The summed E-state index contributed by atoms with van der Waals surface area (Å²) in [6, 6.07) is 3.60. The monoisotopic (exact) mass is 411 g/mol. The molecule has 0 aliphatic carbocycles. The van der Waals surface area contributed by atoms with Crippen LogP contribution in [0.15, 0.2) is 33.9 Å². The third-order valence-corrected chi connectivity index (χ3v) is 4.10. The van der Waals surface area contributed by atoms with E-state index in [2.05, 4.69) is 5.32 Å². The van der Waals surface area contributed by atoms with Crippen LogP contribution in [0.2, 0.25) is 0 Å². The highest BCUT2D eigenvalue weighted by Gasteiger charge is 2.78. The number of fused-ring (bicyclic) bond motifs is 1. The van der Waals surface area contributed by atoms with Gasteiger partial charge in [0.1, 0.15) is 11.4 Å². The third kappa shape index (κ3) is 2.68. The molecule has 1 aromatic heterocycles. The fourth-order valence-corrected chi connectivity index (χ4v) is 2.98. The van der Waals surface area contributed by atoms with Crippen LogP contribution in [0.5, 0.6) is 0 Å². The number of benzene rings is 1. The molecule has 0 spiro atoms. The normalized spacial score (nSPS) is 16.2. The van der Waals surface area contributed by atoms with E-state index in [1.807, 2.05) is 0 Å². The number of H-pyrrole nitrogens is 1. The maximum atomic E-state index is 13.7. The van der Waals surface area contributed by atoms with Crippen LogP contribution < -0.4 is 21.6 Å². The lowest BCUT2D eigenvalue weighted by Gasteiger charge is -2.34. The van der Waals surface area contributed by atoms with E-state index in [9.17, 15) is 40.3 Å². The molecule has 28 heavy (non-hydrogen) atoms. The van der Waals surface area contributed by atoms with Gasteiger partial charge in [-0.15, -0.1) is 0 Å². The Balaban J connectivity index is 2.51. The number of aromatic nitrogens is 2. The number of halogens is 7. The first kappa shape index (κ1) is 19.6. The van der Waals surface area contributed by atoms with Gasteiger partial charge in [-0.25, -0.2) is 19.1 Å². The Kier molecular flexibility index (Phi) is 4.16. The summed E-state index contributed by atoms with van der Waals surface area (Å²) in [5, 5.41) is 2.18. The lowest BCUT2D eigenvalue weighted by atomic mass is 9.88. The molecule has 0 radical (unpaired) electrons. The van der Waals surface area contributed by atoms with Gasteiger partial charge in [0.05, 0.1) is 5.69 Å². The number of nitrogens with one attached hydrogen (secondary N) is 3. The van der Waals surface area contributed by atoms with Gasteiger partial charge in [0, 0.05) is 6.92 Å². The second-order valence-corrected chi connectivity index (χ2v) is 5.92. The lowest BCUT2D eigenvalue weighted by Crippen LogP contribution is -2.96. The Labute approximate surface area is 150 Å². The zero-order valence-electron chi connectivity index (χ0n) is 13.7. The summed E-state index contributed by atoms with van der Waals surface area (Å²) in [7, 11) is 0. The van der Waals surface area contributed by atoms with Crippen molar-refractivity contribution < 1.29 is 35.7 Å². The van der Waals surface area contributed by atoms with E-state index in [1.165, 1.54) is 9.98 Å². The molecule has 0 saturated carbocycles. The van der Waals surface area contributed by atoms with Crippen LogP contribution in [0.1, 0.15) is 12.5 Å². The first-order chi connectivity index (χ1) is 12.8. The molecule has 2 heterocycles. The van der Waals surface area contributed by atoms with E-state index in [4.69, 9.17) is 0 Å². The zero-order chi connectivity index (χ0) is 21.1. The van der Waals surface area contributed by atoms with Crippen molar-refractivity contribution in [1.82, 2.24) is 9.55 Å². The third-order valence-electron chi connectivity index (χ3n) is 4.10. The topological polar surface area (TPSA) is 80.9 Å². The molecule has 2 aromatic rings. The molecular weight excluding hydrogens is 401 g/mol. The number of aromatic amines is 1. The number of hydrogen-bond acceptors (Lipinski definition) is 3. The predicted molar refractivity (Wildman–Crippen MR) is 81.7 cm³/mol. The number of alkyl halides is 6. The van der Waals surface area contributed by atoms with Gasteiger partial charge < -0.3 is 0 Å². The minimum Gasteiger partial charge on any atom is -0.273 e. The molecule has 6 nitrogen and oxygen atoms in total. The summed E-state index contributed by atoms with van der Waals surface area (Å²) in [5.41, 5.74) is -10.0. The largest absolute Gasteiger partial charge is 0.446 e. The van der Waals surface area contributed by atoms with Gasteiger partial charge in [-0.2, -0.15) is 26.3 Å². The summed E-state index contributed by atoms with van der Waals surface area (Å²) in [5.74, 6) is -2.50. The number of anilines is 1. The molecule has 0 unspecified atom stereocenters. The van der Waals surface area contributed by atoms with Crippen LogP contribution in [-0.2, 0) is 5.54 Å². The molecule has 13 heteroatoms. The lowest BCUT2D eigenvalue weighted by molar-refractivity contribution is -0.659. The zero-order valence-corrected chi connectivity index (χ0v) is 13.7. The highest BCUT2D eigenvalue weighted by molar-refractivity contribution is 5.91. The Morgan fingerprint density at radius 2 is 1.54 bits per heavy atom. The molecule has 1 aromatic carbocycles. The number of hydrogen-bond donors (Lipinski definition) is 3. The van der Waals surface area contributed by atoms with Crippen LogP contribution in [0, 0.1) is 5.82 Å². The highest BCUT2D eigenvalue weighted by atomic mass is 19.4. The molecule has 1 aliphatic rings. The first-order valence-corrected chi connectivity index (χ1v) is 7.47. The summed E-state index contributed by atoms with van der Waals surface area (Å²) in [6.07, 6.45) is -12.0. The van der Waals surface area contributed by atoms with Crippen molar-refractivity contribution in [2.45, 2.75) is 24.8 Å². The summed E-state index contributed by atoms with van der Waals surface area (Å²) in [6.45, 7) is 0.871. The van der Waals surface area contributed by atoms with E-state index in [0.717, 1.165) is 31.2 Å². The molecule has 0 fully saturated rings. The van der Waals surface area contributed by atoms with Gasteiger partial charge in [-0.05, 0) is 24.3 Å². The van der Waals surface area contributed by atoms with Gasteiger partial charge in [0.25, 0.3) is 5.56 Å². The standard InChI is InChI=1S/C15H9F7N4O2/c1-6-23-10-9(13(25-6,14(17,18)19)15(20,21)22)11(27)24-12(28)26(10)8-4-2-7(16)3-5-8/h2-5H,1H3,(H,23,25)(H,24,27,28)/p+1. The van der Waals surface area contributed by atoms with Crippen LogP contribution in [-0.4, -0.2) is 27.7 Å². The number of rotatable bonds is 1. The van der Waals surface area contributed by atoms with Crippen LogP contribution in [0.25, 0.3) is 5.69 Å². The summed E-state index contributed by atoms with van der Waals surface area (Å²) < 4.78 is 95.7. The molecule has 0 atom stereocenters. The molecule has 1 aliphatic heterocycles. The molecule has 0 amide bonds. The van der Waals surface area contributed by atoms with Crippen molar-refractivity contribution in [1.29, 1.82) is 0 Å². The van der Waals surface area contributed by atoms with Crippen molar-refractivity contribution in [2.75, 3.05) is 5.32 Å². The van der Waals surface area contributed by atoms with E-state index in [1.54, 1.807) is 0 Å². The Bertz CT molecular complexity index is 1060. The van der Waals surface area contributed by atoms with Gasteiger partial charge in [-0.3, -0.25) is 14.8 Å². The van der Waals surface area contributed by atoms with Gasteiger partial charge >= 0.3 is 23.6 Å². The van der Waals surface area contributed by atoms with Crippen molar-refractivity contribution in [3.8, 4) is 5.69 Å². The Morgan fingerprint density at radius 3 is 2.04 bits per heavy atom. The number of amidine groups is 1. The van der Waals surface area contributed by atoms with Crippen LogP contribution in [0.3, 0.4) is 0 Å². The maximum absolute atomic E-state index is 13.7. The molecule has 3 N–H and O–H groups in total. The minimum atomic E-state index is -6.00. The second kappa shape index (κ2) is 5.94. The van der Waals surface area contributed by atoms with E-state index >= 15 is 0 Å². The van der Waals surface area contributed by atoms with E-state index < -0.39 is 52.2 Å². The smallest absolute Gasteiger partial charge is 0.273 e. The molecular formula is C15H10F7N4O2+. The second-order valence-electron chi connectivity index (χ2n) is 5.92. The van der Waals surface area contributed by atoms with Crippen LogP contribution in [0.4, 0.5) is 36.6 Å². The first-order valence-electron chi connectivity index (χ1n) is 7.47. The van der Waals surface area contributed by atoms with E-state index in [-0.39, 0.29) is 5.69 Å². The fourth-order valence-electron chi connectivity index (χ4n) is 2.98. The van der Waals surface area contributed by atoms with Crippen molar-refractivity contribution in [3.05, 3.63) is 56.5 Å². The summed E-state index contributed by atoms with van der Waals surface area (Å²) in [4.78, 5) is 27.1. The van der Waals surface area contributed by atoms with Gasteiger partial charge in [0.2, 0.25) is 11.7 Å². The summed E-state index contributed by atoms with van der Waals surface area (Å²) >= 11 is 0. The Hall–Kier alpha value is -3.12. The predicted octanol–water partition coefficient (Wildman–Crippen LogP) is 0.909.